The third-order valence-electron chi connectivity index (χ3n) is 6.91. The average Bonchev–Trinajstić information content (AvgIpc) is 3.49. The fourth-order valence-corrected chi connectivity index (χ4v) is 5.40. The monoisotopic (exact) mass is 417 g/mol. The van der Waals surface area contributed by atoms with E-state index >= 15 is 0 Å². The van der Waals surface area contributed by atoms with Gasteiger partial charge in [-0.05, 0) is 68.7 Å². The molecule has 0 amide bonds. The van der Waals surface area contributed by atoms with Gasteiger partial charge in [0.1, 0.15) is 0 Å². The molecule has 2 fully saturated rings. The van der Waals surface area contributed by atoms with Crippen LogP contribution in [0.2, 0.25) is 0 Å². The number of alkyl halides is 3. The molecule has 4 nitrogen and oxygen atoms in total. The Labute approximate surface area is 173 Å². The van der Waals surface area contributed by atoms with E-state index in [2.05, 4.69) is 10.00 Å². The molecule has 30 heavy (non-hydrogen) atoms. The molecule has 1 aliphatic heterocycles. The molecule has 0 spiro atoms. The van der Waals surface area contributed by atoms with E-state index in [9.17, 15) is 18.0 Å². The molecule has 0 unspecified atom stereocenters. The number of aromatic nitrogens is 2. The predicted molar refractivity (Wildman–Crippen MR) is 110 cm³/mol. The lowest BCUT2D eigenvalue weighted by atomic mass is 9.97. The van der Waals surface area contributed by atoms with Crippen LogP contribution in [0.5, 0.6) is 0 Å². The second-order valence-electron chi connectivity index (χ2n) is 8.79. The van der Waals surface area contributed by atoms with E-state index in [1.807, 2.05) is 0 Å². The van der Waals surface area contributed by atoms with Gasteiger partial charge in [0.2, 0.25) is 0 Å². The highest BCUT2D eigenvalue weighted by Crippen LogP contribution is 2.39. The second-order valence-corrected chi connectivity index (χ2v) is 8.79. The Balaban J connectivity index is 1.71. The first-order chi connectivity index (χ1) is 14.4. The Morgan fingerprint density at radius 3 is 2.33 bits per heavy atom. The summed E-state index contributed by atoms with van der Waals surface area (Å²) in [5.41, 5.74) is 1.96. The molecule has 2 aromatic rings. The largest absolute Gasteiger partial charge is 0.418 e. The molecule has 1 aromatic heterocycles. The smallest absolute Gasteiger partial charge is 0.371 e. The van der Waals surface area contributed by atoms with Crippen LogP contribution in [0.4, 0.5) is 18.9 Å². The maximum atomic E-state index is 13.9. The summed E-state index contributed by atoms with van der Waals surface area (Å²) in [5, 5.41) is 4.62. The van der Waals surface area contributed by atoms with Crippen LogP contribution in [0.25, 0.3) is 5.69 Å². The highest BCUT2D eigenvalue weighted by molar-refractivity contribution is 5.58. The third-order valence-corrected chi connectivity index (χ3v) is 6.91. The number of nitrogens with zero attached hydrogens (tertiary/aromatic N) is 3. The SMILES string of the molecule is O=c1c2c(c(C3CCCC3)nn1-c1cc(N3CCCC3)ccc1C(F)(F)F)CCC2. The molecule has 0 atom stereocenters. The molecule has 0 radical (unpaired) electrons. The Bertz CT molecular complexity index is 1020. The highest BCUT2D eigenvalue weighted by atomic mass is 19.4. The van der Waals surface area contributed by atoms with E-state index in [1.54, 1.807) is 0 Å². The lowest BCUT2D eigenvalue weighted by Crippen LogP contribution is -2.30. The minimum absolute atomic E-state index is 0.133. The van der Waals surface area contributed by atoms with Crippen LogP contribution in [0.3, 0.4) is 0 Å². The molecule has 1 aromatic carbocycles. The van der Waals surface area contributed by atoms with Crippen molar-refractivity contribution >= 4 is 5.69 Å². The van der Waals surface area contributed by atoms with Crippen LogP contribution in [0.15, 0.2) is 23.0 Å². The van der Waals surface area contributed by atoms with Gasteiger partial charge in [-0.3, -0.25) is 4.79 Å². The fraction of sp³-hybridized carbons (Fsp3) is 0.565. The second kappa shape index (κ2) is 7.43. The van der Waals surface area contributed by atoms with Crippen LogP contribution in [-0.2, 0) is 19.0 Å². The van der Waals surface area contributed by atoms with Crippen LogP contribution >= 0.6 is 0 Å². The lowest BCUT2D eigenvalue weighted by molar-refractivity contribution is -0.137. The minimum atomic E-state index is -4.55. The first kappa shape index (κ1) is 19.6. The van der Waals surface area contributed by atoms with E-state index < -0.39 is 11.7 Å². The van der Waals surface area contributed by atoms with Gasteiger partial charge in [-0.2, -0.15) is 23.0 Å². The van der Waals surface area contributed by atoms with Crippen molar-refractivity contribution in [1.29, 1.82) is 0 Å². The summed E-state index contributed by atoms with van der Waals surface area (Å²) < 4.78 is 42.7. The van der Waals surface area contributed by atoms with Gasteiger partial charge in [0.25, 0.3) is 5.56 Å². The zero-order valence-electron chi connectivity index (χ0n) is 17.0. The molecule has 160 valence electrons. The quantitative estimate of drug-likeness (QED) is 0.706. The number of hydrogen-bond donors (Lipinski definition) is 0. The highest BCUT2D eigenvalue weighted by Gasteiger charge is 2.36. The first-order valence-electron chi connectivity index (χ1n) is 11.0. The van der Waals surface area contributed by atoms with Crippen molar-refractivity contribution in [3.63, 3.8) is 0 Å². The molecule has 0 bridgehead atoms. The van der Waals surface area contributed by atoms with E-state index in [-0.39, 0.29) is 17.2 Å². The maximum Gasteiger partial charge on any atom is 0.418 e. The summed E-state index contributed by atoms with van der Waals surface area (Å²) in [4.78, 5) is 15.3. The topological polar surface area (TPSA) is 38.1 Å². The van der Waals surface area contributed by atoms with E-state index in [0.29, 0.717) is 12.0 Å². The van der Waals surface area contributed by atoms with Crippen LogP contribution in [0, 0.1) is 0 Å². The summed E-state index contributed by atoms with van der Waals surface area (Å²) in [5.74, 6) is 0.250. The van der Waals surface area contributed by atoms with Crippen molar-refractivity contribution in [3.05, 3.63) is 50.9 Å². The normalized spacial score (nSPS) is 19.6. The maximum absolute atomic E-state index is 13.9. The van der Waals surface area contributed by atoms with Gasteiger partial charge < -0.3 is 4.90 Å². The number of fused-ring (bicyclic) bond motifs is 1. The lowest BCUT2D eigenvalue weighted by Gasteiger charge is -2.22. The van der Waals surface area contributed by atoms with Crippen LogP contribution in [-0.4, -0.2) is 22.9 Å². The zero-order valence-corrected chi connectivity index (χ0v) is 17.0. The predicted octanol–water partition coefficient (Wildman–Crippen LogP) is 5.00. The molecule has 1 saturated heterocycles. The molecule has 5 rings (SSSR count). The minimum Gasteiger partial charge on any atom is -0.371 e. The third kappa shape index (κ3) is 3.32. The molecular weight excluding hydrogens is 391 g/mol. The summed E-state index contributed by atoms with van der Waals surface area (Å²) >= 11 is 0. The standard InChI is InChI=1S/C23H26F3N3O/c24-23(25,26)19-11-10-16(28-12-3-4-13-28)14-20(19)29-22(30)18-9-5-8-17(18)21(27-29)15-6-1-2-7-15/h10-11,14-15H,1-9,12-13H2. The Morgan fingerprint density at radius 2 is 1.63 bits per heavy atom. The van der Waals surface area contributed by atoms with E-state index in [1.165, 1.54) is 12.1 Å². The number of anilines is 1. The Hall–Kier alpha value is -2.31. The van der Waals surface area contributed by atoms with Crippen molar-refractivity contribution in [1.82, 2.24) is 9.78 Å². The van der Waals surface area contributed by atoms with Gasteiger partial charge in [0, 0.05) is 30.3 Å². The van der Waals surface area contributed by atoms with Crippen LogP contribution < -0.4 is 10.5 Å². The Morgan fingerprint density at radius 1 is 0.933 bits per heavy atom. The molecule has 7 heteroatoms. The van der Waals surface area contributed by atoms with Gasteiger partial charge in [-0.25, -0.2) is 0 Å². The van der Waals surface area contributed by atoms with Crippen molar-refractivity contribution in [2.45, 2.75) is 69.9 Å². The fourth-order valence-electron chi connectivity index (χ4n) is 5.40. The average molecular weight is 417 g/mol. The molecule has 3 aliphatic rings. The van der Waals surface area contributed by atoms with Crippen molar-refractivity contribution in [2.24, 2.45) is 0 Å². The van der Waals surface area contributed by atoms with Gasteiger partial charge in [0.15, 0.2) is 0 Å². The molecule has 1 saturated carbocycles. The molecule has 0 N–H and O–H groups in total. The zero-order chi connectivity index (χ0) is 20.9. The van der Waals surface area contributed by atoms with E-state index in [4.69, 9.17) is 0 Å². The summed E-state index contributed by atoms with van der Waals surface area (Å²) in [6, 6.07) is 4.15. The summed E-state index contributed by atoms with van der Waals surface area (Å²) in [6.07, 6.45) is 4.03. The van der Waals surface area contributed by atoms with Crippen LogP contribution in [0.1, 0.15) is 73.2 Å². The van der Waals surface area contributed by atoms with Gasteiger partial charge in [0.05, 0.1) is 16.9 Å². The first-order valence-corrected chi connectivity index (χ1v) is 11.0. The molecule has 2 aliphatic carbocycles. The number of halogens is 3. The Kier molecular flexibility index (Phi) is 4.86. The summed E-state index contributed by atoms with van der Waals surface area (Å²) in [6.45, 7) is 1.65. The molecule has 2 heterocycles. The van der Waals surface area contributed by atoms with Crippen molar-refractivity contribution < 1.29 is 13.2 Å². The number of hydrogen-bond acceptors (Lipinski definition) is 3. The van der Waals surface area contributed by atoms with Gasteiger partial charge >= 0.3 is 6.18 Å². The number of rotatable bonds is 3. The van der Waals surface area contributed by atoms with E-state index in [0.717, 1.165) is 92.1 Å². The van der Waals surface area contributed by atoms with Crippen molar-refractivity contribution in [3.8, 4) is 5.69 Å². The number of benzene rings is 1. The summed E-state index contributed by atoms with van der Waals surface area (Å²) in [7, 11) is 0. The van der Waals surface area contributed by atoms with Gasteiger partial charge in [-0.1, -0.05) is 12.8 Å². The van der Waals surface area contributed by atoms with Crippen molar-refractivity contribution in [2.75, 3.05) is 18.0 Å². The van der Waals surface area contributed by atoms with Gasteiger partial charge in [-0.15, -0.1) is 0 Å². The molecular formula is C23H26F3N3O.